The molecule has 3 heteroatoms. The molecule has 48 heavy (non-hydrogen) atoms. The molecule has 0 saturated carbocycles. The van der Waals surface area contributed by atoms with E-state index in [-0.39, 0.29) is 0 Å². The Labute approximate surface area is 279 Å². The van der Waals surface area contributed by atoms with Crippen molar-refractivity contribution in [3.8, 4) is 33.5 Å². The van der Waals surface area contributed by atoms with Crippen molar-refractivity contribution < 1.29 is 4.42 Å². The highest BCUT2D eigenvalue weighted by molar-refractivity contribution is 6.11. The van der Waals surface area contributed by atoms with Gasteiger partial charge in [-0.2, -0.15) is 0 Å². The van der Waals surface area contributed by atoms with Crippen molar-refractivity contribution in [3.05, 3.63) is 182 Å². The molecule has 7 aromatic carbocycles. The second-order valence-corrected chi connectivity index (χ2v) is 12.0. The summed E-state index contributed by atoms with van der Waals surface area (Å²) in [6.45, 7) is 0. The first kappa shape index (κ1) is 27.8. The maximum Gasteiger partial charge on any atom is 0.139 e. The van der Waals surface area contributed by atoms with Crippen LogP contribution >= 0.6 is 0 Å². The Morgan fingerprint density at radius 2 is 0.938 bits per heavy atom. The van der Waals surface area contributed by atoms with Crippen LogP contribution in [0.3, 0.4) is 0 Å². The molecule has 0 atom stereocenters. The Morgan fingerprint density at radius 1 is 0.396 bits per heavy atom. The Kier molecular flexibility index (Phi) is 6.80. The van der Waals surface area contributed by atoms with Crippen molar-refractivity contribution >= 4 is 49.8 Å². The Balaban J connectivity index is 1.11. The van der Waals surface area contributed by atoms with Gasteiger partial charge in [0.15, 0.2) is 0 Å². The molecule has 226 valence electrons. The van der Waals surface area contributed by atoms with Gasteiger partial charge in [0.25, 0.3) is 0 Å². The first-order valence-electron chi connectivity index (χ1n) is 16.2. The number of hydrogen-bond acceptors (Lipinski definition) is 3. The van der Waals surface area contributed by atoms with Crippen LogP contribution in [0, 0.1) is 0 Å². The molecule has 0 saturated heterocycles. The van der Waals surface area contributed by atoms with E-state index in [1.807, 2.05) is 30.5 Å². The molecule has 0 unspecified atom stereocenters. The number of fused-ring (bicyclic) bond motifs is 4. The number of hydrogen-bond donors (Lipinski definition) is 0. The summed E-state index contributed by atoms with van der Waals surface area (Å²) in [4.78, 5) is 7.12. The standard InChI is InChI=1S/C45H30N2O/c1-2-8-31(9-3-1)33-16-22-38(23-17-33)47(39-24-18-34(19-25-39)37-15-14-32-10-4-5-11-36(32)30-37)40-26-20-35(21-27-40)45-44-41-12-6-7-13-42(41)48-43(44)28-29-46-45/h1-30H. The van der Waals surface area contributed by atoms with Gasteiger partial charge < -0.3 is 9.32 Å². The van der Waals surface area contributed by atoms with Crippen LogP contribution in [0.4, 0.5) is 17.1 Å². The van der Waals surface area contributed by atoms with Crippen molar-refractivity contribution in [2.75, 3.05) is 4.90 Å². The zero-order valence-electron chi connectivity index (χ0n) is 26.1. The normalized spacial score (nSPS) is 11.3. The first-order valence-corrected chi connectivity index (χ1v) is 16.2. The van der Waals surface area contributed by atoms with Gasteiger partial charge in [-0.15, -0.1) is 0 Å². The van der Waals surface area contributed by atoms with Gasteiger partial charge in [-0.05, 0) is 87.6 Å². The van der Waals surface area contributed by atoms with Crippen molar-refractivity contribution in [2.24, 2.45) is 0 Å². The van der Waals surface area contributed by atoms with Crippen LogP contribution in [-0.4, -0.2) is 4.98 Å². The highest BCUT2D eigenvalue weighted by Gasteiger charge is 2.16. The molecule has 2 aromatic heterocycles. The molecule has 0 amide bonds. The fraction of sp³-hybridized carbons (Fsp3) is 0. The molecule has 0 fully saturated rings. The number of para-hydroxylation sites is 1. The summed E-state index contributed by atoms with van der Waals surface area (Å²) in [5.74, 6) is 0. The average Bonchev–Trinajstić information content (AvgIpc) is 3.55. The van der Waals surface area contributed by atoms with Gasteiger partial charge in [-0.1, -0.05) is 121 Å². The van der Waals surface area contributed by atoms with Gasteiger partial charge in [0.1, 0.15) is 11.2 Å². The predicted octanol–water partition coefficient (Wildman–Crippen LogP) is 12.6. The summed E-state index contributed by atoms with van der Waals surface area (Å²) in [6, 6.07) is 62.1. The number of rotatable bonds is 6. The summed E-state index contributed by atoms with van der Waals surface area (Å²) in [7, 11) is 0. The van der Waals surface area contributed by atoms with E-state index in [9.17, 15) is 0 Å². The highest BCUT2D eigenvalue weighted by Crippen LogP contribution is 2.39. The van der Waals surface area contributed by atoms with Gasteiger partial charge >= 0.3 is 0 Å². The largest absolute Gasteiger partial charge is 0.456 e. The molecule has 0 aliphatic heterocycles. The minimum Gasteiger partial charge on any atom is -0.456 e. The van der Waals surface area contributed by atoms with Crippen molar-refractivity contribution in [1.82, 2.24) is 4.98 Å². The molecule has 2 heterocycles. The second-order valence-electron chi connectivity index (χ2n) is 12.0. The first-order chi connectivity index (χ1) is 23.8. The van der Waals surface area contributed by atoms with E-state index in [1.54, 1.807) is 0 Å². The van der Waals surface area contributed by atoms with E-state index in [0.29, 0.717) is 0 Å². The molecule has 9 aromatic rings. The van der Waals surface area contributed by atoms with Crippen LogP contribution in [0.1, 0.15) is 0 Å². The van der Waals surface area contributed by atoms with E-state index in [4.69, 9.17) is 9.40 Å². The SMILES string of the molecule is c1ccc(-c2ccc(N(c3ccc(-c4ccc5ccccc5c4)cc3)c3ccc(-c4nccc5oc6ccccc6c45)cc3)cc2)cc1. The second kappa shape index (κ2) is 11.7. The molecule has 0 bridgehead atoms. The maximum atomic E-state index is 6.15. The smallest absolute Gasteiger partial charge is 0.139 e. The van der Waals surface area contributed by atoms with E-state index >= 15 is 0 Å². The highest BCUT2D eigenvalue weighted by atomic mass is 16.3. The van der Waals surface area contributed by atoms with Crippen LogP contribution in [0.5, 0.6) is 0 Å². The van der Waals surface area contributed by atoms with Gasteiger partial charge in [-0.25, -0.2) is 0 Å². The molecular weight excluding hydrogens is 585 g/mol. The average molecular weight is 615 g/mol. The lowest BCUT2D eigenvalue weighted by Crippen LogP contribution is -2.09. The Hall–Kier alpha value is -6.45. The van der Waals surface area contributed by atoms with Crippen LogP contribution in [0.2, 0.25) is 0 Å². The van der Waals surface area contributed by atoms with Gasteiger partial charge in [-0.3, -0.25) is 4.98 Å². The van der Waals surface area contributed by atoms with Gasteiger partial charge in [0.05, 0.1) is 11.1 Å². The van der Waals surface area contributed by atoms with E-state index in [0.717, 1.165) is 50.3 Å². The maximum absolute atomic E-state index is 6.15. The predicted molar refractivity (Wildman–Crippen MR) is 200 cm³/mol. The number of furan rings is 1. The van der Waals surface area contributed by atoms with Crippen LogP contribution in [-0.2, 0) is 0 Å². The third kappa shape index (κ3) is 4.99. The summed E-state index contributed by atoms with van der Waals surface area (Å²) >= 11 is 0. The van der Waals surface area contributed by atoms with Gasteiger partial charge in [0.2, 0.25) is 0 Å². The van der Waals surface area contributed by atoms with E-state index in [1.165, 1.54) is 33.0 Å². The monoisotopic (exact) mass is 614 g/mol. The number of anilines is 3. The van der Waals surface area contributed by atoms with E-state index < -0.39 is 0 Å². The molecule has 9 rings (SSSR count). The molecular formula is C45H30N2O. The summed E-state index contributed by atoms with van der Waals surface area (Å²) in [6.07, 6.45) is 1.83. The molecule has 0 aliphatic rings. The van der Waals surface area contributed by atoms with Crippen LogP contribution in [0.25, 0.3) is 66.2 Å². The third-order valence-corrected chi connectivity index (χ3v) is 9.13. The fourth-order valence-corrected chi connectivity index (χ4v) is 6.71. The lowest BCUT2D eigenvalue weighted by molar-refractivity contribution is 0.668. The van der Waals surface area contributed by atoms with Crippen molar-refractivity contribution in [2.45, 2.75) is 0 Å². The summed E-state index contributed by atoms with van der Waals surface area (Å²) in [5, 5.41) is 4.61. The quantitative estimate of drug-likeness (QED) is 0.187. The Morgan fingerprint density at radius 3 is 1.65 bits per heavy atom. The van der Waals surface area contributed by atoms with Gasteiger partial charge in [0, 0.05) is 34.2 Å². The number of nitrogens with zero attached hydrogens (tertiary/aromatic N) is 2. The fourth-order valence-electron chi connectivity index (χ4n) is 6.71. The summed E-state index contributed by atoms with van der Waals surface area (Å²) < 4.78 is 6.15. The topological polar surface area (TPSA) is 29.3 Å². The summed E-state index contributed by atoms with van der Waals surface area (Å²) in [5.41, 5.74) is 11.7. The molecule has 0 radical (unpaired) electrons. The lowest BCUT2D eigenvalue weighted by atomic mass is 10.0. The van der Waals surface area contributed by atoms with Crippen LogP contribution < -0.4 is 4.90 Å². The Bertz CT molecular complexity index is 2530. The molecule has 0 aliphatic carbocycles. The third-order valence-electron chi connectivity index (χ3n) is 9.13. The number of benzene rings is 7. The lowest BCUT2D eigenvalue weighted by Gasteiger charge is -2.26. The number of pyridine rings is 1. The minimum absolute atomic E-state index is 0.844. The van der Waals surface area contributed by atoms with Crippen LogP contribution in [0.15, 0.2) is 187 Å². The molecule has 0 N–H and O–H groups in total. The van der Waals surface area contributed by atoms with E-state index in [2.05, 4.69) is 157 Å². The molecule has 3 nitrogen and oxygen atoms in total. The minimum atomic E-state index is 0.844. The number of aromatic nitrogens is 1. The zero-order valence-corrected chi connectivity index (χ0v) is 26.1. The van der Waals surface area contributed by atoms with Crippen molar-refractivity contribution in [3.63, 3.8) is 0 Å². The molecule has 0 spiro atoms. The zero-order chi connectivity index (χ0) is 31.9. The van der Waals surface area contributed by atoms with Crippen molar-refractivity contribution in [1.29, 1.82) is 0 Å².